The first kappa shape index (κ1) is 84.5. The number of hydrogen-bond donors (Lipinski definition) is 9. The molecule has 0 saturated heterocycles. The molecule has 6 aromatic carbocycles. The predicted molar refractivity (Wildman–Crippen MR) is 401 cm³/mol. The quantitative estimate of drug-likeness (QED) is 0.0110. The molecule has 0 aliphatic carbocycles. The van der Waals surface area contributed by atoms with Crippen molar-refractivity contribution in [1.29, 1.82) is 15.8 Å². The topological polar surface area (TPSA) is 404 Å². The van der Waals surface area contributed by atoms with E-state index in [2.05, 4.69) is 31.6 Å². The molecule has 26 nitrogen and oxygen atoms in total. The fourth-order valence-corrected chi connectivity index (χ4v) is 10.2. The SMILES string of the molecule is COc1ccc(-n2nc(C)c(C#N)c2N)c(F)c1.COc1ccc(CN)c(F)c1.COc1ccc(N)c(F)c1.Cc1nn(-c2ccc(O)cc2F)c(-n2c(C)ccc2C)c1C#N.Cc1nn(-c2ccc(O)cc2F)c(-n2c(C)ccc2C)c1C(N)=NO.Cc1nn(-c2ccc(O)cc2F)c(N)c1C#N.[CH3][SnH]([Cl])[Cl]. The van der Waals surface area contributed by atoms with E-state index in [4.69, 9.17) is 81.6 Å². The summed E-state index contributed by atoms with van der Waals surface area (Å²) in [4.78, 5) is 1.91. The molecular formula is C73H75Cl2F6N19O7Sn. The molecule has 6 heterocycles. The molecular weight excluding hydrogens is 1560 g/mol. The minimum atomic E-state index is -1.69. The molecule has 0 aliphatic heterocycles. The average molecular weight is 1630 g/mol. The first-order chi connectivity index (χ1) is 51.1. The van der Waals surface area contributed by atoms with Crippen LogP contribution in [0.2, 0.25) is 4.94 Å². The van der Waals surface area contributed by atoms with Crippen molar-refractivity contribution in [2.24, 2.45) is 16.6 Å². The average Bonchev–Trinajstić information content (AvgIpc) is 1.61. The third-order valence-electron chi connectivity index (χ3n) is 15.5. The molecule has 0 spiro atoms. The summed E-state index contributed by atoms with van der Waals surface area (Å²) < 4.78 is 105. The normalized spacial score (nSPS) is 10.5. The summed E-state index contributed by atoms with van der Waals surface area (Å²) in [7, 11) is 14.9. The zero-order valence-electron chi connectivity index (χ0n) is 60.2. The van der Waals surface area contributed by atoms with Crippen LogP contribution < -0.4 is 42.9 Å². The van der Waals surface area contributed by atoms with Gasteiger partial charge in [-0.05, 0) is 146 Å². The number of nitrogens with two attached hydrogens (primary N) is 5. The Labute approximate surface area is 630 Å². The van der Waals surface area contributed by atoms with Crippen molar-refractivity contribution in [2.45, 2.75) is 66.9 Å². The van der Waals surface area contributed by atoms with E-state index in [0.717, 1.165) is 45.7 Å². The third-order valence-corrected chi connectivity index (χ3v) is 15.5. The molecule has 6 aromatic heterocycles. The molecule has 14 N–H and O–H groups in total. The summed E-state index contributed by atoms with van der Waals surface area (Å²) in [6.07, 6.45) is 0. The van der Waals surface area contributed by atoms with Gasteiger partial charge in [0.15, 0.2) is 40.7 Å². The zero-order chi connectivity index (χ0) is 80.3. The number of aromatic nitrogens is 10. The van der Waals surface area contributed by atoms with Gasteiger partial charge in [0, 0.05) is 71.3 Å². The van der Waals surface area contributed by atoms with E-state index in [9.17, 15) is 41.8 Å². The van der Waals surface area contributed by atoms with Crippen LogP contribution in [0.15, 0.2) is 139 Å². The van der Waals surface area contributed by atoms with E-state index in [1.165, 1.54) is 102 Å². The molecule has 0 saturated carbocycles. The van der Waals surface area contributed by atoms with E-state index in [1.807, 2.05) is 78.2 Å². The fourth-order valence-electron chi connectivity index (χ4n) is 10.2. The number of nitriles is 3. The van der Waals surface area contributed by atoms with Gasteiger partial charge < -0.3 is 72.5 Å². The molecule has 0 fully saturated rings. The second-order valence-corrected chi connectivity index (χ2v) is 36.2. The van der Waals surface area contributed by atoms with Gasteiger partial charge in [0.2, 0.25) is 0 Å². The van der Waals surface area contributed by atoms with Crippen molar-refractivity contribution in [2.75, 3.05) is 38.5 Å². The fraction of sp³-hybridized carbons (Fsp3) is 0.178. The van der Waals surface area contributed by atoms with E-state index in [-0.39, 0.29) is 86.6 Å². The number of anilines is 3. The van der Waals surface area contributed by atoms with Crippen molar-refractivity contribution in [3.63, 3.8) is 0 Å². The second-order valence-electron chi connectivity index (χ2n) is 22.9. The van der Waals surface area contributed by atoms with Crippen LogP contribution in [0.4, 0.5) is 43.7 Å². The first-order valence-corrected chi connectivity index (χ1v) is 43.4. The van der Waals surface area contributed by atoms with Gasteiger partial charge in [0.1, 0.15) is 115 Å². The Hall–Kier alpha value is -12.4. The van der Waals surface area contributed by atoms with Crippen LogP contribution in [0.5, 0.6) is 34.5 Å². The molecule has 0 amide bonds. The first-order valence-electron chi connectivity index (χ1n) is 31.7. The Morgan fingerprint density at radius 2 is 0.778 bits per heavy atom. The molecule has 108 heavy (non-hydrogen) atoms. The molecule has 0 atom stereocenters. The van der Waals surface area contributed by atoms with E-state index >= 15 is 0 Å². The van der Waals surface area contributed by atoms with E-state index in [1.54, 1.807) is 52.0 Å². The van der Waals surface area contributed by atoms with Gasteiger partial charge in [-0.15, -0.1) is 0 Å². The monoisotopic (exact) mass is 1630 g/mol. The van der Waals surface area contributed by atoms with Crippen LogP contribution in [0.25, 0.3) is 34.4 Å². The number of methoxy groups -OCH3 is 3. The summed E-state index contributed by atoms with van der Waals surface area (Å²) in [5.74, 6) is -1.30. The van der Waals surface area contributed by atoms with Crippen LogP contribution in [-0.4, -0.2) is 113 Å². The van der Waals surface area contributed by atoms with E-state index in [0.29, 0.717) is 68.4 Å². The second kappa shape index (κ2) is 38.0. The van der Waals surface area contributed by atoms with Crippen molar-refractivity contribution in [3.05, 3.63) is 242 Å². The Bertz CT molecular complexity index is 5320. The Kier molecular flexibility index (Phi) is 29.8. The summed E-state index contributed by atoms with van der Waals surface area (Å²) in [5, 5.41) is 84.2. The summed E-state index contributed by atoms with van der Waals surface area (Å²) in [6, 6.07) is 38.2. The van der Waals surface area contributed by atoms with Crippen LogP contribution in [0.3, 0.4) is 0 Å². The number of ether oxygens (including phenoxy) is 3. The molecule has 35 heteroatoms. The number of nitrogens with zero attached hydrogens (tertiary/aromatic N) is 14. The van der Waals surface area contributed by atoms with E-state index < -0.39 is 46.6 Å². The van der Waals surface area contributed by atoms with Crippen LogP contribution >= 0.6 is 17.8 Å². The number of rotatable bonds is 11. The van der Waals surface area contributed by atoms with Gasteiger partial charge in [-0.3, -0.25) is 0 Å². The van der Waals surface area contributed by atoms with Crippen LogP contribution in [0.1, 0.15) is 73.4 Å². The number of nitrogen functional groups attached to an aromatic ring is 3. The number of aryl methyl sites for hydroxylation is 8. The summed E-state index contributed by atoms with van der Waals surface area (Å²) >= 11 is -1.69. The van der Waals surface area contributed by atoms with Crippen molar-refractivity contribution >= 4 is 58.5 Å². The number of hydrogen-bond acceptors (Lipinski definition) is 19. The number of aromatic hydroxyl groups is 3. The molecule has 12 aromatic rings. The summed E-state index contributed by atoms with van der Waals surface area (Å²) in [6.45, 7) is 14.5. The van der Waals surface area contributed by atoms with Gasteiger partial charge in [0.25, 0.3) is 0 Å². The number of amidine groups is 1. The van der Waals surface area contributed by atoms with Crippen molar-refractivity contribution in [1.82, 2.24) is 48.3 Å². The predicted octanol–water partition coefficient (Wildman–Crippen LogP) is 13.1. The van der Waals surface area contributed by atoms with Crippen LogP contribution in [-0.2, 0) is 6.54 Å². The van der Waals surface area contributed by atoms with Gasteiger partial charge in [-0.1, -0.05) is 11.2 Å². The molecule has 12 rings (SSSR count). The van der Waals surface area contributed by atoms with Crippen LogP contribution in [0, 0.1) is 124 Å². The molecule has 0 aliphatic rings. The standard InChI is InChI=1S/C17H18FN5O2.C17H15FN4O.C12H11FN4O.C11H9FN4O.C8H10FNO.C7H8FNO.CH3.2ClH.Sn.H/c1-9-4-5-10(2)22(9)17-15(16(19)21-25)11(3)20-23(17)14-7-6-12(24)8-13(14)18;1-10-4-5-11(2)21(10)17-14(9-19)12(3)20-22(17)16-7-6-13(23)8-15(16)18;1-7-9(6-14)12(15)17(16-7)11-4-3-8(18-2)5-10(11)13;1-6-8(5-13)11(14)16(15-6)10-3-2-7(17)4-9(10)12;1-11-7-3-2-6(5-10)8(9)4-7;1-10-5-2-3-7(9)6(8)4-5;;;;;/h4-8,24-25H,1-3H3,(H2,19,21);4-8,23H,1-3H3;3-5H,15H2,1-2H3;2-4,17H,14H2,1H3;2-4H,5,10H2,1H3;2-4H,9H2,1H3;1H3;2*1H;;/q;;;;;;;;;+2;/p-2. The number of halogens is 8. The number of phenols is 3. The Morgan fingerprint density at radius 3 is 1.12 bits per heavy atom. The van der Waals surface area contributed by atoms with Gasteiger partial charge >= 0.3 is 40.3 Å². The Balaban J connectivity index is 0.000000205. The number of phenolic OH excluding ortho intramolecular Hbond substituents is 3. The van der Waals surface area contributed by atoms with Gasteiger partial charge in [0.05, 0.1) is 55.4 Å². The maximum absolute atomic E-state index is 14.4. The van der Waals surface area contributed by atoms with Crippen molar-refractivity contribution in [3.8, 4) is 87.1 Å². The molecule has 0 bridgehead atoms. The minimum absolute atomic E-state index is 0.0783. The van der Waals surface area contributed by atoms with Gasteiger partial charge in [-0.2, -0.15) is 36.2 Å². The number of benzene rings is 6. The third kappa shape index (κ3) is 20.1. The summed E-state index contributed by atoms with van der Waals surface area (Å²) in [5.41, 5.74) is 35.8. The number of oxime groups is 1. The Morgan fingerprint density at radius 1 is 0.463 bits per heavy atom. The van der Waals surface area contributed by atoms with Crippen molar-refractivity contribution < 1.29 is 61.1 Å². The van der Waals surface area contributed by atoms with Gasteiger partial charge in [-0.25, -0.2) is 45.1 Å². The molecule has 564 valence electrons. The zero-order valence-corrected chi connectivity index (χ0v) is 65.0. The maximum atomic E-state index is 14.4. The molecule has 0 unspecified atom stereocenters. The molecule has 0 radical (unpaired) electrons.